The summed E-state index contributed by atoms with van der Waals surface area (Å²) in [5.41, 5.74) is 21.8. The summed E-state index contributed by atoms with van der Waals surface area (Å²) in [4.78, 5) is 4.95. The lowest BCUT2D eigenvalue weighted by molar-refractivity contribution is 0.661. The van der Waals surface area contributed by atoms with Crippen LogP contribution in [0.15, 0.2) is 218 Å². The lowest BCUT2D eigenvalue weighted by Gasteiger charge is -2.45. The number of para-hydroxylation sites is 5. The first-order chi connectivity index (χ1) is 29.6. The zero-order chi connectivity index (χ0) is 40.0. The van der Waals surface area contributed by atoms with E-state index in [0.717, 1.165) is 17.1 Å². The van der Waals surface area contributed by atoms with Crippen molar-refractivity contribution in [2.24, 2.45) is 0 Å². The number of hydrogen-bond donors (Lipinski definition) is 0. The smallest absolute Gasteiger partial charge is 0.0754 e. The molecule has 1 heterocycles. The van der Waals surface area contributed by atoms with Crippen LogP contribution in [0.2, 0.25) is 0 Å². The number of fused-ring (bicyclic) bond motifs is 12. The fourth-order valence-electron chi connectivity index (χ4n) is 11.0. The van der Waals surface area contributed by atoms with Gasteiger partial charge in [-0.3, -0.25) is 0 Å². The zero-order valence-corrected chi connectivity index (χ0v) is 33.7. The average molecular weight is 767 g/mol. The second-order valence-electron chi connectivity index (χ2n) is 16.8. The minimum absolute atomic E-state index is 0.189. The van der Waals surface area contributed by atoms with E-state index in [1.807, 2.05) is 0 Å². The molecule has 0 atom stereocenters. The zero-order valence-electron chi connectivity index (χ0n) is 33.7. The van der Waals surface area contributed by atoms with Crippen molar-refractivity contribution in [2.45, 2.75) is 24.7 Å². The summed E-state index contributed by atoms with van der Waals surface area (Å²) in [5, 5.41) is 0. The van der Waals surface area contributed by atoms with Gasteiger partial charge < -0.3 is 9.80 Å². The molecule has 3 aliphatic rings. The highest BCUT2D eigenvalue weighted by molar-refractivity contribution is 5.99. The molecule has 60 heavy (non-hydrogen) atoms. The Morgan fingerprint density at radius 1 is 0.367 bits per heavy atom. The van der Waals surface area contributed by atoms with E-state index in [1.165, 1.54) is 83.8 Å². The molecule has 0 aromatic heterocycles. The largest absolute Gasteiger partial charge is 0.310 e. The van der Waals surface area contributed by atoms with Crippen LogP contribution in [0.25, 0.3) is 33.4 Å². The molecule has 0 saturated carbocycles. The van der Waals surface area contributed by atoms with Crippen molar-refractivity contribution in [1.29, 1.82) is 0 Å². The van der Waals surface area contributed by atoms with Gasteiger partial charge in [0, 0.05) is 22.4 Å². The van der Waals surface area contributed by atoms with E-state index in [9.17, 15) is 0 Å². The normalized spacial score (nSPS) is 14.4. The molecule has 1 spiro atoms. The molecule has 0 saturated heterocycles. The van der Waals surface area contributed by atoms with Gasteiger partial charge in [0.05, 0.1) is 28.2 Å². The monoisotopic (exact) mass is 766 g/mol. The molecule has 2 heteroatoms. The van der Waals surface area contributed by atoms with Crippen molar-refractivity contribution >= 4 is 34.1 Å². The van der Waals surface area contributed by atoms with Gasteiger partial charge in [0.1, 0.15) is 0 Å². The quantitative estimate of drug-likeness (QED) is 0.172. The van der Waals surface area contributed by atoms with Crippen LogP contribution in [0, 0.1) is 0 Å². The highest BCUT2D eigenvalue weighted by Gasteiger charge is 2.51. The lowest BCUT2D eigenvalue weighted by atomic mass is 9.64. The number of anilines is 6. The highest BCUT2D eigenvalue weighted by Crippen LogP contribution is 2.64. The van der Waals surface area contributed by atoms with Crippen molar-refractivity contribution in [1.82, 2.24) is 0 Å². The molecule has 1 aliphatic heterocycles. The van der Waals surface area contributed by atoms with E-state index in [2.05, 4.69) is 242 Å². The van der Waals surface area contributed by atoms with Crippen LogP contribution < -0.4 is 9.80 Å². The van der Waals surface area contributed by atoms with Crippen molar-refractivity contribution in [3.8, 4) is 33.4 Å². The Kier molecular flexibility index (Phi) is 7.52. The summed E-state index contributed by atoms with van der Waals surface area (Å²) < 4.78 is 0. The van der Waals surface area contributed by atoms with Gasteiger partial charge >= 0.3 is 0 Å². The van der Waals surface area contributed by atoms with Crippen molar-refractivity contribution in [3.63, 3.8) is 0 Å². The Bertz CT molecular complexity index is 3090. The van der Waals surface area contributed by atoms with E-state index in [4.69, 9.17) is 0 Å². The van der Waals surface area contributed by atoms with Gasteiger partial charge in [-0.05, 0) is 116 Å². The number of benzene rings is 9. The molecule has 9 aromatic carbocycles. The fourth-order valence-corrected chi connectivity index (χ4v) is 11.0. The molecule has 0 unspecified atom stereocenters. The molecular weight excluding hydrogens is 725 g/mol. The Balaban J connectivity index is 1.11. The topological polar surface area (TPSA) is 6.48 Å². The standard InChI is InChI=1S/C58H42N2/c1-57(2)47-28-12-9-26-44(47)46-27-19-35-55(56(46)57)59(40-20-5-3-6-21-40)52-32-16-11-24-42(52)39-36-37-45-43-25-10-13-29-48(43)58(51(45)38-39)49-30-14-17-33-53(49)60(41-22-7-4-8-23-41)54-34-18-15-31-50(54)58/h3-38H,1-2H3. The van der Waals surface area contributed by atoms with Crippen LogP contribution in [0.3, 0.4) is 0 Å². The first-order valence-corrected chi connectivity index (χ1v) is 21.0. The minimum Gasteiger partial charge on any atom is -0.310 e. The maximum Gasteiger partial charge on any atom is 0.0754 e. The van der Waals surface area contributed by atoms with Crippen LogP contribution in [-0.4, -0.2) is 0 Å². The summed E-state index contributed by atoms with van der Waals surface area (Å²) in [7, 11) is 0. The second-order valence-corrected chi connectivity index (χ2v) is 16.8. The average Bonchev–Trinajstić information content (AvgIpc) is 3.73. The Morgan fingerprint density at radius 2 is 0.867 bits per heavy atom. The molecule has 0 amide bonds. The van der Waals surface area contributed by atoms with Gasteiger partial charge in [-0.25, -0.2) is 0 Å². The van der Waals surface area contributed by atoms with Gasteiger partial charge in [0.25, 0.3) is 0 Å². The number of rotatable bonds is 5. The van der Waals surface area contributed by atoms with Crippen molar-refractivity contribution in [2.75, 3.05) is 9.80 Å². The van der Waals surface area contributed by atoms with Gasteiger partial charge in [-0.1, -0.05) is 178 Å². The molecule has 284 valence electrons. The first-order valence-electron chi connectivity index (χ1n) is 21.0. The van der Waals surface area contributed by atoms with E-state index in [-0.39, 0.29) is 5.41 Å². The van der Waals surface area contributed by atoms with Crippen LogP contribution in [0.1, 0.15) is 47.2 Å². The third-order valence-corrected chi connectivity index (χ3v) is 13.4. The summed E-state index contributed by atoms with van der Waals surface area (Å²) in [5.74, 6) is 0. The third kappa shape index (κ3) is 4.70. The summed E-state index contributed by atoms with van der Waals surface area (Å²) in [6.45, 7) is 4.76. The molecule has 9 aromatic rings. The summed E-state index contributed by atoms with van der Waals surface area (Å²) in [6, 6.07) is 81.0. The molecule has 2 nitrogen and oxygen atoms in total. The van der Waals surface area contributed by atoms with Gasteiger partial charge in [0.15, 0.2) is 0 Å². The fraction of sp³-hybridized carbons (Fsp3) is 0.0690. The van der Waals surface area contributed by atoms with Gasteiger partial charge in [-0.15, -0.1) is 0 Å². The maximum absolute atomic E-state index is 2.51. The molecule has 0 radical (unpaired) electrons. The predicted molar refractivity (Wildman–Crippen MR) is 250 cm³/mol. The second kappa shape index (κ2) is 13.0. The van der Waals surface area contributed by atoms with E-state index in [0.29, 0.717) is 0 Å². The SMILES string of the molecule is CC1(C)c2ccccc2-c2cccc(N(c3ccccc3)c3ccccc3-c3ccc4c(c3)C3(c5ccccc5-4)c4ccccc4N(c4ccccc4)c4ccccc43)c21. The number of hydrogen-bond acceptors (Lipinski definition) is 2. The summed E-state index contributed by atoms with van der Waals surface area (Å²) in [6.07, 6.45) is 0. The van der Waals surface area contributed by atoms with Crippen LogP contribution in [0.4, 0.5) is 34.1 Å². The van der Waals surface area contributed by atoms with E-state index >= 15 is 0 Å². The van der Waals surface area contributed by atoms with E-state index < -0.39 is 5.41 Å². The first kappa shape index (κ1) is 34.6. The lowest BCUT2D eigenvalue weighted by Crippen LogP contribution is -2.36. The van der Waals surface area contributed by atoms with Gasteiger partial charge in [-0.2, -0.15) is 0 Å². The van der Waals surface area contributed by atoms with Crippen LogP contribution >= 0.6 is 0 Å². The highest BCUT2D eigenvalue weighted by atomic mass is 15.2. The molecular formula is C58H42N2. The molecule has 12 rings (SSSR count). The van der Waals surface area contributed by atoms with Gasteiger partial charge in [0.2, 0.25) is 0 Å². The maximum atomic E-state index is 2.51. The van der Waals surface area contributed by atoms with Crippen LogP contribution in [0.5, 0.6) is 0 Å². The predicted octanol–water partition coefficient (Wildman–Crippen LogP) is 15.3. The Labute approximate surface area is 352 Å². The molecule has 0 fully saturated rings. The van der Waals surface area contributed by atoms with E-state index in [1.54, 1.807) is 0 Å². The Morgan fingerprint density at radius 3 is 1.57 bits per heavy atom. The molecule has 0 N–H and O–H groups in total. The molecule has 0 bridgehead atoms. The Hall–Kier alpha value is -7.42. The summed E-state index contributed by atoms with van der Waals surface area (Å²) >= 11 is 0. The minimum atomic E-state index is -0.537. The number of nitrogens with zero attached hydrogens (tertiary/aromatic N) is 2. The third-order valence-electron chi connectivity index (χ3n) is 13.4. The van der Waals surface area contributed by atoms with Crippen molar-refractivity contribution < 1.29 is 0 Å². The van der Waals surface area contributed by atoms with Crippen molar-refractivity contribution in [3.05, 3.63) is 252 Å². The van der Waals surface area contributed by atoms with Crippen LogP contribution in [-0.2, 0) is 10.8 Å². The molecule has 2 aliphatic carbocycles.